The molecule has 0 unspecified atom stereocenters. The lowest BCUT2D eigenvalue weighted by Crippen LogP contribution is -2.17. The Morgan fingerprint density at radius 1 is 0.958 bits per heavy atom. The number of hydrogen-bond donors (Lipinski definition) is 0. The number of aromatic nitrogens is 4. The molecule has 4 rings (SSSR count). The van der Waals surface area contributed by atoms with Crippen LogP contribution >= 0.6 is 0 Å². The molecule has 118 valence electrons. The van der Waals surface area contributed by atoms with Gasteiger partial charge in [-0.1, -0.05) is 60.7 Å². The highest BCUT2D eigenvalue weighted by atomic mass is 16.1. The normalized spacial score (nSPS) is 11.0. The van der Waals surface area contributed by atoms with Crippen LogP contribution in [0, 0.1) is 0 Å². The van der Waals surface area contributed by atoms with Crippen LogP contribution in [0.5, 0.6) is 0 Å². The molecule has 24 heavy (non-hydrogen) atoms. The molecule has 0 aliphatic rings. The first-order chi connectivity index (χ1) is 11.7. The first-order valence-electron chi connectivity index (χ1n) is 7.75. The Balaban J connectivity index is 1.87. The quantitative estimate of drug-likeness (QED) is 0.584. The van der Waals surface area contributed by atoms with Crippen LogP contribution in [0.1, 0.15) is 5.56 Å². The molecular formula is C19H16N4O. The first kappa shape index (κ1) is 14.4. The summed E-state index contributed by atoms with van der Waals surface area (Å²) < 4.78 is 3.72. The second kappa shape index (κ2) is 5.77. The predicted octanol–water partition coefficient (Wildman–Crippen LogP) is 2.85. The van der Waals surface area contributed by atoms with E-state index in [1.807, 2.05) is 76.8 Å². The molecule has 2 aromatic carbocycles. The average molecular weight is 316 g/mol. The van der Waals surface area contributed by atoms with Crippen molar-refractivity contribution in [2.45, 2.75) is 6.54 Å². The van der Waals surface area contributed by atoms with Crippen molar-refractivity contribution in [3.8, 4) is 11.4 Å². The number of rotatable bonds is 3. The van der Waals surface area contributed by atoms with Gasteiger partial charge in [0.25, 0.3) is 5.56 Å². The summed E-state index contributed by atoms with van der Waals surface area (Å²) in [7, 11) is 1.89. The zero-order valence-corrected chi connectivity index (χ0v) is 13.3. The molecule has 0 fully saturated rings. The number of aryl methyl sites for hydroxylation is 1. The SMILES string of the molecule is Cn1c(-c2ccccc2)nc(=O)c2c1ncn2Cc1ccccc1. The van der Waals surface area contributed by atoms with Gasteiger partial charge in [0, 0.05) is 19.2 Å². The van der Waals surface area contributed by atoms with E-state index in [1.54, 1.807) is 6.33 Å². The lowest BCUT2D eigenvalue weighted by atomic mass is 10.2. The van der Waals surface area contributed by atoms with Crippen LogP contribution in [-0.4, -0.2) is 19.1 Å². The standard InChI is InChI=1S/C19H16N4O/c1-22-17(15-10-6-3-7-11-15)21-19(24)16-18(22)20-13-23(16)12-14-8-4-2-5-9-14/h2-11,13H,12H2,1H3. The average Bonchev–Trinajstić information content (AvgIpc) is 3.04. The van der Waals surface area contributed by atoms with Gasteiger partial charge in [0.1, 0.15) is 5.82 Å². The Bertz CT molecular complexity index is 1050. The third-order valence-corrected chi connectivity index (χ3v) is 4.09. The van der Waals surface area contributed by atoms with E-state index in [0.717, 1.165) is 11.1 Å². The molecule has 5 heteroatoms. The number of imidazole rings is 1. The van der Waals surface area contributed by atoms with E-state index in [1.165, 1.54) is 0 Å². The van der Waals surface area contributed by atoms with E-state index in [2.05, 4.69) is 9.97 Å². The minimum absolute atomic E-state index is 0.254. The van der Waals surface area contributed by atoms with Gasteiger partial charge in [0.15, 0.2) is 11.2 Å². The minimum atomic E-state index is -0.254. The van der Waals surface area contributed by atoms with Crippen molar-refractivity contribution in [2.75, 3.05) is 0 Å². The van der Waals surface area contributed by atoms with Gasteiger partial charge < -0.3 is 9.13 Å². The molecule has 5 nitrogen and oxygen atoms in total. The molecule has 2 aromatic heterocycles. The van der Waals surface area contributed by atoms with Crippen molar-refractivity contribution in [2.24, 2.45) is 7.05 Å². The summed E-state index contributed by atoms with van der Waals surface area (Å²) in [5, 5.41) is 0. The zero-order valence-electron chi connectivity index (χ0n) is 13.3. The summed E-state index contributed by atoms with van der Waals surface area (Å²) in [5.41, 5.74) is 2.93. The lowest BCUT2D eigenvalue weighted by molar-refractivity contribution is 0.817. The van der Waals surface area contributed by atoms with Crippen molar-refractivity contribution < 1.29 is 0 Å². The van der Waals surface area contributed by atoms with Crippen molar-refractivity contribution in [1.29, 1.82) is 0 Å². The second-order valence-corrected chi connectivity index (χ2v) is 5.70. The highest BCUT2D eigenvalue weighted by Crippen LogP contribution is 2.18. The van der Waals surface area contributed by atoms with Crippen LogP contribution in [0.2, 0.25) is 0 Å². The molecule has 0 radical (unpaired) electrons. The van der Waals surface area contributed by atoms with Gasteiger partial charge in [-0.2, -0.15) is 4.98 Å². The molecule has 2 heterocycles. The Morgan fingerprint density at radius 2 is 1.62 bits per heavy atom. The Kier molecular flexibility index (Phi) is 3.46. The fraction of sp³-hybridized carbons (Fsp3) is 0.105. The van der Waals surface area contributed by atoms with Crippen LogP contribution in [0.3, 0.4) is 0 Å². The molecule has 0 saturated heterocycles. The van der Waals surface area contributed by atoms with Crippen molar-refractivity contribution >= 4 is 11.2 Å². The van der Waals surface area contributed by atoms with Gasteiger partial charge >= 0.3 is 0 Å². The van der Waals surface area contributed by atoms with Gasteiger partial charge in [-0.05, 0) is 5.56 Å². The van der Waals surface area contributed by atoms with Gasteiger partial charge in [-0.25, -0.2) is 4.98 Å². The highest BCUT2D eigenvalue weighted by Gasteiger charge is 2.15. The molecule has 0 aliphatic heterocycles. The van der Waals surface area contributed by atoms with Gasteiger partial charge in [0.05, 0.1) is 6.33 Å². The summed E-state index contributed by atoms with van der Waals surface area (Å²) in [5.74, 6) is 0.623. The molecule has 0 atom stereocenters. The molecule has 0 aliphatic carbocycles. The Labute approximate surface area is 138 Å². The molecule has 0 N–H and O–H groups in total. The van der Waals surface area contributed by atoms with Crippen molar-refractivity contribution in [3.05, 3.63) is 82.9 Å². The zero-order chi connectivity index (χ0) is 16.5. The molecule has 0 spiro atoms. The summed E-state index contributed by atoms with van der Waals surface area (Å²) in [6, 6.07) is 19.7. The van der Waals surface area contributed by atoms with Crippen LogP contribution < -0.4 is 5.56 Å². The van der Waals surface area contributed by atoms with E-state index in [0.29, 0.717) is 23.5 Å². The van der Waals surface area contributed by atoms with E-state index in [4.69, 9.17) is 0 Å². The summed E-state index contributed by atoms with van der Waals surface area (Å²) >= 11 is 0. The molecule has 0 bridgehead atoms. The van der Waals surface area contributed by atoms with Gasteiger partial charge in [0.2, 0.25) is 0 Å². The fourth-order valence-electron chi connectivity index (χ4n) is 2.91. The monoisotopic (exact) mass is 316 g/mol. The fourth-order valence-corrected chi connectivity index (χ4v) is 2.91. The van der Waals surface area contributed by atoms with Crippen molar-refractivity contribution in [1.82, 2.24) is 19.1 Å². The van der Waals surface area contributed by atoms with Crippen LogP contribution in [-0.2, 0) is 13.6 Å². The third-order valence-electron chi connectivity index (χ3n) is 4.09. The lowest BCUT2D eigenvalue weighted by Gasteiger charge is -2.09. The van der Waals surface area contributed by atoms with E-state index in [-0.39, 0.29) is 5.56 Å². The molecule has 0 amide bonds. The van der Waals surface area contributed by atoms with Crippen LogP contribution in [0.15, 0.2) is 71.8 Å². The second-order valence-electron chi connectivity index (χ2n) is 5.70. The first-order valence-corrected chi connectivity index (χ1v) is 7.75. The van der Waals surface area contributed by atoms with E-state index >= 15 is 0 Å². The summed E-state index contributed by atoms with van der Waals surface area (Å²) in [4.78, 5) is 21.4. The Morgan fingerprint density at radius 3 is 2.33 bits per heavy atom. The van der Waals surface area contributed by atoms with Crippen molar-refractivity contribution in [3.63, 3.8) is 0 Å². The maximum absolute atomic E-state index is 12.6. The predicted molar refractivity (Wildman–Crippen MR) is 93.7 cm³/mol. The third kappa shape index (κ3) is 2.40. The summed E-state index contributed by atoms with van der Waals surface area (Å²) in [6.45, 7) is 0.596. The molecular weight excluding hydrogens is 300 g/mol. The largest absolute Gasteiger partial charge is 0.320 e. The smallest absolute Gasteiger partial charge is 0.299 e. The molecule has 0 saturated carbocycles. The van der Waals surface area contributed by atoms with Crippen LogP contribution in [0.4, 0.5) is 0 Å². The molecule has 4 aromatic rings. The number of fused-ring (bicyclic) bond motifs is 1. The van der Waals surface area contributed by atoms with Crippen LogP contribution in [0.25, 0.3) is 22.6 Å². The number of nitrogens with zero attached hydrogens (tertiary/aromatic N) is 4. The number of hydrogen-bond acceptors (Lipinski definition) is 3. The summed E-state index contributed by atoms with van der Waals surface area (Å²) in [6.07, 6.45) is 1.70. The number of benzene rings is 2. The van der Waals surface area contributed by atoms with E-state index in [9.17, 15) is 4.79 Å². The van der Waals surface area contributed by atoms with Gasteiger partial charge in [-0.15, -0.1) is 0 Å². The van der Waals surface area contributed by atoms with Gasteiger partial charge in [-0.3, -0.25) is 4.79 Å². The Hall–Kier alpha value is -3.21. The minimum Gasteiger partial charge on any atom is -0.320 e. The highest BCUT2D eigenvalue weighted by molar-refractivity contribution is 5.74. The topological polar surface area (TPSA) is 52.7 Å². The maximum atomic E-state index is 12.6. The van der Waals surface area contributed by atoms with E-state index < -0.39 is 0 Å². The maximum Gasteiger partial charge on any atom is 0.299 e.